The average molecular weight is 388 g/mol. The lowest BCUT2D eigenvalue weighted by Gasteiger charge is -2.30. The van der Waals surface area contributed by atoms with Gasteiger partial charge in [0.2, 0.25) is 6.10 Å². The first-order chi connectivity index (χ1) is 13.1. The number of hydrogen-bond donors (Lipinski definition) is 2. The van der Waals surface area contributed by atoms with E-state index >= 15 is 0 Å². The van der Waals surface area contributed by atoms with Gasteiger partial charge in [-0.25, -0.2) is 0 Å². The molecule has 144 valence electrons. The molecule has 0 spiro atoms. The molecule has 1 aromatic heterocycles. The molecule has 0 saturated heterocycles. The summed E-state index contributed by atoms with van der Waals surface area (Å²) in [5.41, 5.74) is -0.0408. The van der Waals surface area contributed by atoms with Crippen LogP contribution in [0.15, 0.2) is 36.4 Å². The molecular weight excluding hydrogens is 362 g/mol. The smallest absolute Gasteiger partial charge is 0.264 e. The molecule has 2 unspecified atom stereocenters. The van der Waals surface area contributed by atoms with Crippen molar-refractivity contribution in [1.29, 1.82) is 0 Å². The number of para-hydroxylation sites is 2. The minimum Gasteiger partial charge on any atom is -0.485 e. The van der Waals surface area contributed by atoms with Gasteiger partial charge in [0.25, 0.3) is 5.91 Å². The molecule has 0 bridgehead atoms. The van der Waals surface area contributed by atoms with E-state index in [1.54, 1.807) is 18.3 Å². The maximum absolute atomic E-state index is 12.7. The van der Waals surface area contributed by atoms with E-state index in [9.17, 15) is 9.90 Å². The maximum Gasteiger partial charge on any atom is 0.264 e. The maximum atomic E-state index is 12.7. The number of thiophene rings is 1. The predicted molar refractivity (Wildman–Crippen MR) is 104 cm³/mol. The zero-order valence-electron chi connectivity index (χ0n) is 15.4. The van der Waals surface area contributed by atoms with E-state index in [1.165, 1.54) is 4.88 Å². The van der Waals surface area contributed by atoms with Crippen LogP contribution >= 0.6 is 11.3 Å². The molecule has 27 heavy (non-hydrogen) atoms. The molecule has 1 saturated carbocycles. The van der Waals surface area contributed by atoms with E-state index < -0.39 is 12.2 Å². The van der Waals surface area contributed by atoms with Crippen LogP contribution in [0, 0.1) is 0 Å². The molecule has 1 fully saturated rings. The number of rotatable bonds is 5. The van der Waals surface area contributed by atoms with E-state index in [1.807, 2.05) is 30.3 Å². The molecule has 4 rings (SSSR count). The molecule has 2 N–H and O–H groups in total. The van der Waals surface area contributed by atoms with Crippen molar-refractivity contribution in [1.82, 2.24) is 5.32 Å². The summed E-state index contributed by atoms with van der Waals surface area (Å²) in [6.45, 7) is 2.60. The monoisotopic (exact) mass is 387 g/mol. The second kappa shape index (κ2) is 7.52. The first kappa shape index (κ1) is 18.3. The number of carbonyl (C=O) groups excluding carboxylic acids is 1. The molecule has 1 aliphatic carbocycles. The topological polar surface area (TPSA) is 67.8 Å². The van der Waals surface area contributed by atoms with E-state index in [-0.39, 0.29) is 17.9 Å². The molecule has 2 atom stereocenters. The molecule has 5 nitrogen and oxygen atoms in total. The summed E-state index contributed by atoms with van der Waals surface area (Å²) in [6, 6.07) is 11.5. The average Bonchev–Trinajstić information content (AvgIpc) is 3.36. The lowest BCUT2D eigenvalue weighted by molar-refractivity contribution is -0.130. The Hall–Kier alpha value is -2.05. The highest BCUT2D eigenvalue weighted by molar-refractivity contribution is 7.12. The van der Waals surface area contributed by atoms with Crippen molar-refractivity contribution < 1.29 is 19.4 Å². The van der Waals surface area contributed by atoms with Crippen LogP contribution in [0.5, 0.6) is 11.5 Å². The number of benzene rings is 1. The van der Waals surface area contributed by atoms with Gasteiger partial charge in [-0.05, 0) is 44.0 Å². The predicted octanol–water partition coefficient (Wildman–Crippen LogP) is 3.57. The Morgan fingerprint density at radius 1 is 1.26 bits per heavy atom. The fraction of sp³-hybridized carbons (Fsp3) is 0.476. The van der Waals surface area contributed by atoms with E-state index in [0.29, 0.717) is 18.0 Å². The van der Waals surface area contributed by atoms with Crippen LogP contribution in [0.2, 0.25) is 0 Å². The Morgan fingerprint density at radius 3 is 2.70 bits per heavy atom. The van der Waals surface area contributed by atoms with Crippen molar-refractivity contribution >= 4 is 17.2 Å². The normalized spacial score (nSPS) is 21.6. The number of carbonyl (C=O) groups is 1. The van der Waals surface area contributed by atoms with Crippen LogP contribution in [0.25, 0.3) is 0 Å². The second-order valence-electron chi connectivity index (χ2n) is 7.45. The van der Waals surface area contributed by atoms with Crippen LogP contribution < -0.4 is 14.8 Å². The van der Waals surface area contributed by atoms with Crippen LogP contribution in [0.4, 0.5) is 0 Å². The molecule has 2 heterocycles. The highest BCUT2D eigenvalue weighted by Gasteiger charge is 2.38. The van der Waals surface area contributed by atoms with Gasteiger partial charge in [-0.15, -0.1) is 11.3 Å². The molecule has 1 amide bonds. The number of fused-ring (bicyclic) bond motifs is 1. The Labute approximate surface area is 163 Å². The van der Waals surface area contributed by atoms with Crippen LogP contribution in [-0.2, 0) is 10.2 Å². The van der Waals surface area contributed by atoms with Crippen LogP contribution in [0.3, 0.4) is 0 Å². The largest absolute Gasteiger partial charge is 0.485 e. The Morgan fingerprint density at radius 2 is 2.00 bits per heavy atom. The molecule has 2 aliphatic rings. The van der Waals surface area contributed by atoms with Crippen molar-refractivity contribution in [3.8, 4) is 11.5 Å². The molecule has 1 aliphatic heterocycles. The summed E-state index contributed by atoms with van der Waals surface area (Å²) >= 11 is 1.66. The number of hydrogen-bond acceptors (Lipinski definition) is 5. The molecule has 1 aromatic carbocycles. The van der Waals surface area contributed by atoms with Gasteiger partial charge in [0.05, 0.1) is 6.10 Å². The van der Waals surface area contributed by atoms with Gasteiger partial charge in [0, 0.05) is 21.7 Å². The fourth-order valence-corrected chi connectivity index (χ4v) is 5.13. The lowest BCUT2D eigenvalue weighted by Crippen LogP contribution is -2.47. The number of ether oxygens (including phenoxy) is 2. The van der Waals surface area contributed by atoms with Gasteiger partial charge in [0.15, 0.2) is 11.5 Å². The molecule has 2 aromatic rings. The minimum atomic E-state index is -0.630. The quantitative estimate of drug-likeness (QED) is 0.823. The molecule has 0 radical (unpaired) electrons. The van der Waals surface area contributed by atoms with Crippen molar-refractivity contribution in [2.24, 2.45) is 0 Å². The Balaban J connectivity index is 1.43. The molecular formula is C21H25NO4S. The van der Waals surface area contributed by atoms with Gasteiger partial charge in [-0.1, -0.05) is 25.0 Å². The highest BCUT2D eigenvalue weighted by atomic mass is 32.1. The van der Waals surface area contributed by atoms with Crippen molar-refractivity contribution in [2.45, 2.75) is 50.2 Å². The summed E-state index contributed by atoms with van der Waals surface area (Å²) < 4.78 is 11.5. The lowest BCUT2D eigenvalue weighted by atomic mass is 9.84. The fourth-order valence-electron chi connectivity index (χ4n) is 3.94. The molecule has 6 heteroatoms. The van der Waals surface area contributed by atoms with Crippen LogP contribution in [-0.4, -0.2) is 30.3 Å². The number of nitrogens with one attached hydrogen (secondary N) is 1. The van der Waals surface area contributed by atoms with Crippen molar-refractivity contribution in [3.05, 3.63) is 46.2 Å². The highest BCUT2D eigenvalue weighted by Crippen LogP contribution is 2.44. The van der Waals surface area contributed by atoms with Gasteiger partial charge >= 0.3 is 0 Å². The third kappa shape index (κ3) is 3.69. The SMILES string of the molecule is CC(O)c1ccc(C2(CNC(=O)C3COc4ccccc4O3)CCCC2)s1. The third-order valence-electron chi connectivity index (χ3n) is 5.52. The summed E-state index contributed by atoms with van der Waals surface area (Å²) in [4.78, 5) is 14.9. The van der Waals surface area contributed by atoms with Crippen molar-refractivity contribution in [2.75, 3.05) is 13.2 Å². The Bertz CT molecular complexity index is 810. The van der Waals surface area contributed by atoms with Gasteiger partial charge in [0.1, 0.15) is 6.61 Å². The first-order valence-electron chi connectivity index (χ1n) is 9.52. The first-order valence-corrected chi connectivity index (χ1v) is 10.3. The summed E-state index contributed by atoms with van der Waals surface area (Å²) in [5.74, 6) is 1.15. The zero-order chi connectivity index (χ0) is 18.9. The standard InChI is InChI=1S/C21H25NO4S/c1-14(23)18-8-9-19(27-18)21(10-4-5-11-21)13-22-20(24)17-12-25-15-6-2-3-7-16(15)26-17/h2-3,6-9,14,17,23H,4-5,10-13H2,1H3,(H,22,24). The Kier molecular flexibility index (Phi) is 5.10. The zero-order valence-corrected chi connectivity index (χ0v) is 16.3. The van der Waals surface area contributed by atoms with E-state index in [4.69, 9.17) is 9.47 Å². The van der Waals surface area contributed by atoms with Crippen molar-refractivity contribution in [3.63, 3.8) is 0 Å². The summed E-state index contributed by atoms with van der Waals surface area (Å²) in [5, 5.41) is 12.9. The van der Waals surface area contributed by atoms with E-state index in [0.717, 1.165) is 30.6 Å². The number of aliphatic hydroxyl groups is 1. The summed E-state index contributed by atoms with van der Waals surface area (Å²) in [7, 11) is 0. The van der Waals surface area contributed by atoms with Gasteiger partial charge in [-0.2, -0.15) is 0 Å². The van der Waals surface area contributed by atoms with E-state index in [2.05, 4.69) is 11.4 Å². The number of aliphatic hydroxyl groups excluding tert-OH is 1. The minimum absolute atomic E-state index is 0.0408. The second-order valence-corrected chi connectivity index (χ2v) is 8.56. The van der Waals surface area contributed by atoms with Gasteiger partial charge in [-0.3, -0.25) is 4.79 Å². The van der Waals surface area contributed by atoms with Crippen LogP contribution in [0.1, 0.15) is 48.5 Å². The van der Waals surface area contributed by atoms with Gasteiger partial charge < -0.3 is 19.9 Å². The summed E-state index contributed by atoms with van der Waals surface area (Å²) in [6.07, 6.45) is 3.34. The number of amides is 1. The third-order valence-corrected chi connectivity index (χ3v) is 7.03.